The van der Waals surface area contributed by atoms with E-state index in [-0.39, 0.29) is 24.2 Å². The molecule has 1 aromatic carbocycles. The second-order valence-corrected chi connectivity index (χ2v) is 8.37. The number of alkyl halides is 2. The average Bonchev–Trinajstić information content (AvgIpc) is 2.77. The van der Waals surface area contributed by atoms with Crippen molar-refractivity contribution in [2.45, 2.75) is 58.1 Å². The standard InChI is InChI=1S/C24H29F3N4O3/c1-13(17-8-5-9-18(20(17)25)21(26)27)28-22-19-12-15(6-4-7-16(33)10-11-32)24(34)31(3)23(19)30-14(2)29-22/h5,8-9,12-13,16,21,32-33H,4,6-7,10-11H2,1-3H3,(H,28,29,30)/t13-,16-/m1/s1. The summed E-state index contributed by atoms with van der Waals surface area (Å²) in [5.74, 6) is -0.227. The summed E-state index contributed by atoms with van der Waals surface area (Å²) in [6.45, 7) is 3.19. The normalized spacial score (nSPS) is 13.4. The molecule has 0 bridgehead atoms. The van der Waals surface area contributed by atoms with Gasteiger partial charge < -0.3 is 15.5 Å². The molecule has 2 aromatic heterocycles. The lowest BCUT2D eigenvalue weighted by molar-refractivity contribution is 0.123. The van der Waals surface area contributed by atoms with Crippen molar-refractivity contribution in [3.05, 3.63) is 63.0 Å². The predicted octanol–water partition coefficient (Wildman–Crippen LogP) is 3.95. The van der Waals surface area contributed by atoms with Crippen LogP contribution < -0.4 is 10.9 Å². The number of anilines is 1. The van der Waals surface area contributed by atoms with Crippen LogP contribution >= 0.6 is 0 Å². The number of rotatable bonds is 10. The first-order valence-corrected chi connectivity index (χ1v) is 11.1. The van der Waals surface area contributed by atoms with Crippen LogP contribution in [-0.4, -0.2) is 37.5 Å². The molecule has 2 atom stereocenters. The van der Waals surface area contributed by atoms with E-state index in [2.05, 4.69) is 15.3 Å². The molecule has 0 aliphatic rings. The molecule has 10 heteroatoms. The van der Waals surface area contributed by atoms with Crippen molar-refractivity contribution in [3.63, 3.8) is 0 Å². The molecule has 0 saturated carbocycles. The maximum Gasteiger partial charge on any atom is 0.266 e. The van der Waals surface area contributed by atoms with Crippen LogP contribution in [0.15, 0.2) is 29.1 Å². The average molecular weight is 479 g/mol. The lowest BCUT2D eigenvalue weighted by Crippen LogP contribution is -2.23. The van der Waals surface area contributed by atoms with Gasteiger partial charge in [0.05, 0.1) is 23.1 Å². The van der Waals surface area contributed by atoms with Crippen molar-refractivity contribution in [3.8, 4) is 0 Å². The smallest absolute Gasteiger partial charge is 0.266 e. The van der Waals surface area contributed by atoms with Crippen LogP contribution in [0.5, 0.6) is 0 Å². The number of nitrogens with one attached hydrogen (secondary N) is 1. The predicted molar refractivity (Wildman–Crippen MR) is 124 cm³/mol. The number of hydrogen-bond acceptors (Lipinski definition) is 6. The third kappa shape index (κ3) is 5.56. The van der Waals surface area contributed by atoms with Crippen LogP contribution in [-0.2, 0) is 13.5 Å². The van der Waals surface area contributed by atoms with Crippen molar-refractivity contribution < 1.29 is 23.4 Å². The zero-order valence-corrected chi connectivity index (χ0v) is 19.4. The van der Waals surface area contributed by atoms with Crippen molar-refractivity contribution >= 4 is 16.9 Å². The van der Waals surface area contributed by atoms with Crippen LogP contribution in [0.2, 0.25) is 0 Å². The zero-order valence-electron chi connectivity index (χ0n) is 19.4. The highest BCUT2D eigenvalue weighted by atomic mass is 19.3. The lowest BCUT2D eigenvalue weighted by atomic mass is 10.0. The fourth-order valence-electron chi connectivity index (χ4n) is 3.97. The van der Waals surface area contributed by atoms with Crippen molar-refractivity contribution in [1.82, 2.24) is 14.5 Å². The molecule has 3 aromatic rings. The van der Waals surface area contributed by atoms with Gasteiger partial charge in [0.25, 0.3) is 12.0 Å². The summed E-state index contributed by atoms with van der Waals surface area (Å²) in [6.07, 6.45) is -1.91. The summed E-state index contributed by atoms with van der Waals surface area (Å²) < 4.78 is 42.4. The van der Waals surface area contributed by atoms with Gasteiger partial charge in [-0.15, -0.1) is 0 Å². The Morgan fingerprint density at radius 3 is 2.56 bits per heavy atom. The van der Waals surface area contributed by atoms with Gasteiger partial charge in [0.15, 0.2) is 0 Å². The molecular weight excluding hydrogens is 449 g/mol. The van der Waals surface area contributed by atoms with Crippen molar-refractivity contribution in [1.29, 1.82) is 0 Å². The van der Waals surface area contributed by atoms with Crippen molar-refractivity contribution in [2.75, 3.05) is 11.9 Å². The van der Waals surface area contributed by atoms with E-state index in [0.29, 0.717) is 47.5 Å². The number of aliphatic hydroxyl groups is 2. The first kappa shape index (κ1) is 25.6. The summed E-state index contributed by atoms with van der Waals surface area (Å²) in [6, 6.07) is 4.87. The molecule has 0 spiro atoms. The molecule has 0 saturated heterocycles. The molecular formula is C24H29F3N4O3. The van der Waals surface area contributed by atoms with Gasteiger partial charge in [-0.25, -0.2) is 23.1 Å². The SMILES string of the molecule is Cc1nc(N[C@H](C)c2cccc(C(F)F)c2F)c2cc(CCC[C@@H](O)CCO)c(=O)n(C)c2n1. The Kier molecular flexibility index (Phi) is 8.27. The summed E-state index contributed by atoms with van der Waals surface area (Å²) in [4.78, 5) is 21.7. The molecule has 3 rings (SSSR count). The van der Waals surface area contributed by atoms with Crippen molar-refractivity contribution in [2.24, 2.45) is 7.05 Å². The molecule has 34 heavy (non-hydrogen) atoms. The summed E-state index contributed by atoms with van der Waals surface area (Å²) in [5.41, 5.74) is 0.0725. The molecule has 7 nitrogen and oxygen atoms in total. The minimum atomic E-state index is -2.93. The number of hydrogen-bond donors (Lipinski definition) is 3. The number of aryl methyl sites for hydroxylation is 3. The van der Waals surface area contributed by atoms with Gasteiger partial charge in [0.1, 0.15) is 23.1 Å². The van der Waals surface area contributed by atoms with Crippen LogP contribution in [0.25, 0.3) is 11.0 Å². The van der Waals surface area contributed by atoms with E-state index in [0.717, 1.165) is 6.07 Å². The molecule has 0 amide bonds. The highest BCUT2D eigenvalue weighted by Crippen LogP contribution is 2.30. The van der Waals surface area contributed by atoms with E-state index < -0.39 is 30.0 Å². The molecule has 2 heterocycles. The summed E-state index contributed by atoms with van der Waals surface area (Å²) >= 11 is 0. The number of aromatic nitrogens is 3. The van der Waals surface area contributed by atoms with E-state index in [4.69, 9.17) is 5.11 Å². The first-order chi connectivity index (χ1) is 16.1. The van der Waals surface area contributed by atoms with Gasteiger partial charge in [0, 0.05) is 24.8 Å². The van der Waals surface area contributed by atoms with Gasteiger partial charge >= 0.3 is 0 Å². The number of halogens is 3. The third-order valence-electron chi connectivity index (χ3n) is 5.81. The highest BCUT2D eigenvalue weighted by molar-refractivity contribution is 5.87. The van der Waals surface area contributed by atoms with Crippen LogP contribution in [0.3, 0.4) is 0 Å². The minimum Gasteiger partial charge on any atom is -0.396 e. The second-order valence-electron chi connectivity index (χ2n) is 8.37. The van der Waals surface area contributed by atoms with Gasteiger partial charge in [0.2, 0.25) is 0 Å². The maximum absolute atomic E-state index is 14.7. The largest absolute Gasteiger partial charge is 0.396 e. The Bertz CT molecular complexity index is 1220. The fraction of sp³-hybridized carbons (Fsp3) is 0.458. The number of nitrogens with zero attached hydrogens (tertiary/aromatic N) is 3. The third-order valence-corrected chi connectivity index (χ3v) is 5.81. The topological polar surface area (TPSA) is 100 Å². The maximum atomic E-state index is 14.7. The number of aliphatic hydroxyl groups excluding tert-OH is 2. The van der Waals surface area contributed by atoms with Gasteiger partial charge in [-0.2, -0.15) is 0 Å². The van der Waals surface area contributed by atoms with Gasteiger partial charge in [-0.05, 0) is 45.6 Å². The van der Waals surface area contributed by atoms with E-state index in [1.54, 1.807) is 27.0 Å². The number of pyridine rings is 1. The van der Waals surface area contributed by atoms with Gasteiger partial charge in [-0.1, -0.05) is 18.2 Å². The molecule has 3 N–H and O–H groups in total. The Morgan fingerprint density at radius 2 is 1.88 bits per heavy atom. The zero-order chi connectivity index (χ0) is 25.0. The Hall–Kier alpha value is -2.98. The lowest BCUT2D eigenvalue weighted by Gasteiger charge is -2.19. The molecule has 0 unspecified atom stereocenters. The van der Waals surface area contributed by atoms with Crippen LogP contribution in [0, 0.1) is 12.7 Å². The van der Waals surface area contributed by atoms with E-state index >= 15 is 0 Å². The van der Waals surface area contributed by atoms with Crippen LogP contribution in [0.4, 0.5) is 19.0 Å². The quantitative estimate of drug-likeness (QED) is 0.408. The summed E-state index contributed by atoms with van der Waals surface area (Å²) in [5, 5.41) is 22.4. The minimum absolute atomic E-state index is 0.0742. The molecule has 0 radical (unpaired) electrons. The molecule has 0 aliphatic carbocycles. The summed E-state index contributed by atoms with van der Waals surface area (Å²) in [7, 11) is 1.60. The molecule has 0 fully saturated rings. The Balaban J connectivity index is 1.97. The fourth-order valence-corrected chi connectivity index (χ4v) is 3.97. The highest BCUT2D eigenvalue weighted by Gasteiger charge is 2.21. The molecule has 0 aliphatic heterocycles. The number of fused-ring (bicyclic) bond motifs is 1. The van der Waals surface area contributed by atoms with E-state index in [1.807, 2.05) is 0 Å². The second kappa shape index (κ2) is 11.0. The first-order valence-electron chi connectivity index (χ1n) is 11.1. The van der Waals surface area contributed by atoms with Crippen LogP contribution in [0.1, 0.15) is 61.2 Å². The number of benzene rings is 1. The Morgan fingerprint density at radius 1 is 1.18 bits per heavy atom. The van der Waals surface area contributed by atoms with E-state index in [9.17, 15) is 23.1 Å². The van der Waals surface area contributed by atoms with Gasteiger partial charge in [-0.3, -0.25) is 9.36 Å². The monoisotopic (exact) mass is 478 g/mol. The Labute approximate surface area is 195 Å². The molecule has 184 valence electrons. The van der Waals surface area contributed by atoms with E-state index in [1.165, 1.54) is 16.7 Å².